The van der Waals surface area contributed by atoms with Crippen LogP contribution < -0.4 is 0 Å². The van der Waals surface area contributed by atoms with Gasteiger partial charge in [0.15, 0.2) is 0 Å². The van der Waals surface area contributed by atoms with Gasteiger partial charge in [0.25, 0.3) is 0 Å². The standard InChI is InChI=1S/C12H11N/c13-9-12(11-6-7-11)8-10-4-2-1-3-5-10/h1-5H,6-8H2. The molecule has 1 heteroatoms. The second-order valence-electron chi connectivity index (χ2n) is 3.36. The first kappa shape index (κ1) is 8.07. The minimum atomic E-state index is 0.812. The van der Waals surface area contributed by atoms with E-state index < -0.39 is 0 Å². The van der Waals surface area contributed by atoms with Gasteiger partial charge in [-0.05, 0) is 18.4 Å². The Kier molecular flexibility index (Phi) is 2.14. The summed E-state index contributed by atoms with van der Waals surface area (Å²) in [5, 5.41) is 8.89. The summed E-state index contributed by atoms with van der Waals surface area (Å²) < 4.78 is 0. The fourth-order valence-corrected chi connectivity index (χ4v) is 1.41. The van der Waals surface area contributed by atoms with Gasteiger partial charge in [0, 0.05) is 12.0 Å². The molecule has 1 aliphatic rings. The lowest BCUT2D eigenvalue weighted by Crippen LogP contribution is -1.87. The second kappa shape index (κ2) is 3.45. The van der Waals surface area contributed by atoms with Gasteiger partial charge in [-0.25, -0.2) is 0 Å². The van der Waals surface area contributed by atoms with Crippen LogP contribution in [0.4, 0.5) is 0 Å². The zero-order valence-corrected chi connectivity index (χ0v) is 7.46. The summed E-state index contributed by atoms with van der Waals surface area (Å²) in [6, 6.07) is 12.5. The monoisotopic (exact) mass is 169 g/mol. The van der Waals surface area contributed by atoms with E-state index in [1.165, 1.54) is 11.1 Å². The third-order valence-electron chi connectivity index (χ3n) is 2.29. The topological polar surface area (TPSA) is 23.8 Å². The first-order valence-electron chi connectivity index (χ1n) is 4.55. The summed E-state index contributed by atoms with van der Waals surface area (Å²) in [4.78, 5) is 0. The average molecular weight is 169 g/mol. The molecular formula is C12H11N. The molecule has 0 saturated heterocycles. The first-order valence-corrected chi connectivity index (χ1v) is 4.55. The molecule has 0 aliphatic heterocycles. The minimum absolute atomic E-state index is 0.812. The number of nitriles is 1. The zero-order chi connectivity index (χ0) is 9.10. The van der Waals surface area contributed by atoms with Gasteiger partial charge in [0.1, 0.15) is 0 Å². The van der Waals surface area contributed by atoms with Crippen molar-refractivity contribution < 1.29 is 0 Å². The number of benzene rings is 1. The van der Waals surface area contributed by atoms with Crippen molar-refractivity contribution in [1.82, 2.24) is 0 Å². The Hall–Kier alpha value is -1.55. The molecule has 0 spiro atoms. The van der Waals surface area contributed by atoms with Crippen LogP contribution in [0.5, 0.6) is 0 Å². The van der Waals surface area contributed by atoms with Gasteiger partial charge in [-0.1, -0.05) is 35.9 Å². The Morgan fingerprint density at radius 2 is 1.92 bits per heavy atom. The fraction of sp³-hybridized carbons (Fsp3) is 0.250. The van der Waals surface area contributed by atoms with Crippen LogP contribution in [0.2, 0.25) is 0 Å². The predicted molar refractivity (Wildman–Crippen MR) is 52.0 cm³/mol. The molecule has 1 aromatic carbocycles. The molecule has 0 unspecified atom stereocenters. The van der Waals surface area contributed by atoms with Crippen molar-refractivity contribution in [3.63, 3.8) is 0 Å². The maximum absolute atomic E-state index is 8.89. The fourth-order valence-electron chi connectivity index (χ4n) is 1.41. The van der Waals surface area contributed by atoms with Crippen molar-refractivity contribution in [3.8, 4) is 6.07 Å². The summed E-state index contributed by atoms with van der Waals surface area (Å²) in [5.74, 6) is 0. The number of rotatable bonds is 2. The van der Waals surface area contributed by atoms with E-state index >= 15 is 0 Å². The first-order chi connectivity index (χ1) is 6.40. The van der Waals surface area contributed by atoms with Crippen LogP contribution >= 0.6 is 0 Å². The van der Waals surface area contributed by atoms with Crippen LogP contribution in [0.3, 0.4) is 0 Å². The SMILES string of the molecule is N#CC(Cc1ccccc1)=C1CC1. The smallest absolute Gasteiger partial charge is 0.0950 e. The lowest BCUT2D eigenvalue weighted by atomic mass is 10.1. The van der Waals surface area contributed by atoms with Crippen LogP contribution in [0.1, 0.15) is 18.4 Å². The summed E-state index contributed by atoms with van der Waals surface area (Å²) in [6.07, 6.45) is 3.08. The van der Waals surface area contributed by atoms with E-state index in [-0.39, 0.29) is 0 Å². The zero-order valence-electron chi connectivity index (χ0n) is 7.46. The van der Waals surface area contributed by atoms with Gasteiger partial charge in [0.05, 0.1) is 6.07 Å². The summed E-state index contributed by atoms with van der Waals surface area (Å²) in [7, 11) is 0. The molecule has 0 heterocycles. The Morgan fingerprint density at radius 3 is 2.46 bits per heavy atom. The maximum atomic E-state index is 8.89. The Labute approximate surface area is 78.3 Å². The quantitative estimate of drug-likeness (QED) is 0.624. The third-order valence-corrected chi connectivity index (χ3v) is 2.29. The van der Waals surface area contributed by atoms with Gasteiger partial charge < -0.3 is 0 Å². The summed E-state index contributed by atoms with van der Waals surface area (Å²) in [5.41, 5.74) is 3.57. The van der Waals surface area contributed by atoms with Gasteiger partial charge in [0.2, 0.25) is 0 Å². The number of hydrogen-bond acceptors (Lipinski definition) is 1. The maximum Gasteiger partial charge on any atom is 0.0950 e. The summed E-state index contributed by atoms with van der Waals surface area (Å²) >= 11 is 0. The highest BCUT2D eigenvalue weighted by Gasteiger charge is 2.17. The van der Waals surface area contributed by atoms with Gasteiger partial charge >= 0.3 is 0 Å². The van der Waals surface area contributed by atoms with Gasteiger partial charge in [-0.2, -0.15) is 5.26 Å². The van der Waals surface area contributed by atoms with E-state index in [1.807, 2.05) is 18.2 Å². The minimum Gasteiger partial charge on any atom is -0.193 e. The van der Waals surface area contributed by atoms with E-state index in [9.17, 15) is 0 Å². The highest BCUT2D eigenvalue weighted by Crippen LogP contribution is 2.32. The Morgan fingerprint density at radius 1 is 1.23 bits per heavy atom. The molecule has 0 radical (unpaired) electrons. The van der Waals surface area contributed by atoms with Crippen molar-refractivity contribution in [1.29, 1.82) is 5.26 Å². The van der Waals surface area contributed by atoms with Crippen LogP contribution in [-0.2, 0) is 6.42 Å². The molecule has 1 saturated carbocycles. The average Bonchev–Trinajstić information content (AvgIpc) is 2.99. The molecule has 1 aromatic rings. The molecule has 2 rings (SSSR count). The number of allylic oxidation sites excluding steroid dienone is 2. The molecular weight excluding hydrogens is 158 g/mol. The molecule has 0 N–H and O–H groups in total. The predicted octanol–water partition coefficient (Wildman–Crippen LogP) is 2.84. The lowest BCUT2D eigenvalue weighted by Gasteiger charge is -1.97. The van der Waals surface area contributed by atoms with Gasteiger partial charge in [-0.15, -0.1) is 0 Å². The van der Waals surface area contributed by atoms with Crippen LogP contribution in [0, 0.1) is 11.3 Å². The normalized spacial score (nSPS) is 13.6. The van der Waals surface area contributed by atoms with E-state index in [2.05, 4.69) is 18.2 Å². The Bertz CT molecular complexity index is 362. The van der Waals surface area contributed by atoms with E-state index in [0.717, 1.165) is 24.8 Å². The molecule has 13 heavy (non-hydrogen) atoms. The van der Waals surface area contributed by atoms with Crippen molar-refractivity contribution in [2.24, 2.45) is 0 Å². The molecule has 0 bridgehead atoms. The molecule has 1 fully saturated rings. The molecule has 64 valence electrons. The van der Waals surface area contributed by atoms with E-state index in [4.69, 9.17) is 5.26 Å². The Balaban J connectivity index is 2.15. The third kappa shape index (κ3) is 1.97. The van der Waals surface area contributed by atoms with E-state index in [0.29, 0.717) is 0 Å². The highest BCUT2D eigenvalue weighted by atomic mass is 14.3. The lowest BCUT2D eigenvalue weighted by molar-refractivity contribution is 1.18. The molecule has 1 nitrogen and oxygen atoms in total. The number of nitrogens with zero attached hydrogens (tertiary/aromatic N) is 1. The van der Waals surface area contributed by atoms with Crippen molar-refractivity contribution in [2.45, 2.75) is 19.3 Å². The molecule has 0 amide bonds. The van der Waals surface area contributed by atoms with E-state index in [1.54, 1.807) is 0 Å². The molecule has 1 aliphatic carbocycles. The molecule has 0 atom stereocenters. The number of hydrogen-bond donors (Lipinski definition) is 0. The van der Waals surface area contributed by atoms with Crippen molar-refractivity contribution >= 4 is 0 Å². The van der Waals surface area contributed by atoms with Crippen molar-refractivity contribution in [2.75, 3.05) is 0 Å². The summed E-state index contributed by atoms with van der Waals surface area (Å²) in [6.45, 7) is 0. The van der Waals surface area contributed by atoms with Crippen molar-refractivity contribution in [3.05, 3.63) is 47.0 Å². The highest BCUT2D eigenvalue weighted by molar-refractivity contribution is 5.39. The van der Waals surface area contributed by atoms with Crippen LogP contribution in [0.25, 0.3) is 0 Å². The van der Waals surface area contributed by atoms with Crippen LogP contribution in [-0.4, -0.2) is 0 Å². The largest absolute Gasteiger partial charge is 0.193 e. The second-order valence-corrected chi connectivity index (χ2v) is 3.36. The van der Waals surface area contributed by atoms with Gasteiger partial charge in [-0.3, -0.25) is 0 Å². The van der Waals surface area contributed by atoms with Crippen LogP contribution in [0.15, 0.2) is 41.5 Å². The molecule has 0 aromatic heterocycles.